The predicted molar refractivity (Wildman–Crippen MR) is 90.5 cm³/mol. The highest BCUT2D eigenvalue weighted by atomic mass is 16.5. The summed E-state index contributed by atoms with van der Waals surface area (Å²) >= 11 is 0. The second-order valence-corrected chi connectivity index (χ2v) is 5.20. The Kier molecular flexibility index (Phi) is 19.5. The van der Waals surface area contributed by atoms with Gasteiger partial charge in [-0.15, -0.1) is 0 Å². The normalized spacial score (nSPS) is 12.7. The molecule has 23 heavy (non-hydrogen) atoms. The fraction of sp³-hybridized carbons (Fsp3) is 1.00. The van der Waals surface area contributed by atoms with E-state index in [1.807, 2.05) is 0 Å². The van der Waals surface area contributed by atoms with Crippen molar-refractivity contribution in [1.29, 1.82) is 0 Å². The van der Waals surface area contributed by atoms with E-state index in [-0.39, 0.29) is 0 Å². The molecule has 0 aromatic heterocycles. The monoisotopic (exact) mass is 336 g/mol. The van der Waals surface area contributed by atoms with Gasteiger partial charge < -0.3 is 29.8 Å². The number of hydrogen-bond acceptors (Lipinski definition) is 7. The van der Waals surface area contributed by atoms with Crippen LogP contribution in [0.1, 0.15) is 32.6 Å². The zero-order valence-electron chi connectivity index (χ0n) is 14.6. The summed E-state index contributed by atoms with van der Waals surface area (Å²) < 4.78 is 21.4. The molecule has 1 atom stereocenters. The first-order valence-corrected chi connectivity index (χ1v) is 8.73. The molecule has 0 amide bonds. The highest BCUT2D eigenvalue weighted by Gasteiger charge is 2.02. The summed E-state index contributed by atoms with van der Waals surface area (Å²) in [5.41, 5.74) is 5.36. The second-order valence-electron chi connectivity index (χ2n) is 5.20. The maximum Gasteiger partial charge on any atom is 0.107 e. The SMILES string of the molecule is CCCOCCC(O)NCCCOCCOCCOCCCN. The van der Waals surface area contributed by atoms with Crippen LogP contribution in [0.25, 0.3) is 0 Å². The summed E-state index contributed by atoms with van der Waals surface area (Å²) in [7, 11) is 0. The Morgan fingerprint density at radius 3 is 2.00 bits per heavy atom. The highest BCUT2D eigenvalue weighted by molar-refractivity contribution is 4.53. The Bertz CT molecular complexity index is 223. The van der Waals surface area contributed by atoms with Crippen LogP contribution in [0.15, 0.2) is 0 Å². The molecule has 0 saturated heterocycles. The highest BCUT2D eigenvalue weighted by Crippen LogP contribution is 1.91. The van der Waals surface area contributed by atoms with Crippen LogP contribution in [-0.2, 0) is 18.9 Å². The standard InChI is InChI=1S/C16H36N2O5/c1-2-8-20-11-5-16(19)18-7-4-10-22-13-15-23-14-12-21-9-3-6-17/h16,18-19H,2-15,17H2,1H3. The first kappa shape index (κ1) is 22.7. The molecule has 7 heteroatoms. The molecular weight excluding hydrogens is 300 g/mol. The zero-order chi connectivity index (χ0) is 17.0. The molecule has 1 unspecified atom stereocenters. The summed E-state index contributed by atoms with van der Waals surface area (Å²) in [6.45, 7) is 8.48. The maximum atomic E-state index is 9.65. The Labute approximate surface area is 140 Å². The van der Waals surface area contributed by atoms with Gasteiger partial charge in [-0.05, 0) is 32.4 Å². The third-order valence-corrected chi connectivity index (χ3v) is 2.97. The predicted octanol–water partition coefficient (Wildman–Crippen LogP) is 0.500. The van der Waals surface area contributed by atoms with Gasteiger partial charge in [0.1, 0.15) is 6.23 Å². The molecule has 0 aromatic carbocycles. The minimum absolute atomic E-state index is 0.505. The van der Waals surface area contributed by atoms with Crippen molar-refractivity contribution in [3.63, 3.8) is 0 Å². The van der Waals surface area contributed by atoms with Crippen LogP contribution in [-0.4, -0.2) is 77.3 Å². The number of nitrogens with two attached hydrogens (primary N) is 1. The van der Waals surface area contributed by atoms with Crippen LogP contribution in [0.4, 0.5) is 0 Å². The Hall–Kier alpha value is -0.280. The Balaban J connectivity index is 3.07. The van der Waals surface area contributed by atoms with Crippen molar-refractivity contribution < 1.29 is 24.1 Å². The largest absolute Gasteiger partial charge is 0.381 e. The van der Waals surface area contributed by atoms with E-state index in [1.54, 1.807) is 0 Å². The molecular formula is C16H36N2O5. The third kappa shape index (κ3) is 19.7. The van der Waals surface area contributed by atoms with Crippen molar-refractivity contribution in [3.8, 4) is 0 Å². The molecule has 4 N–H and O–H groups in total. The van der Waals surface area contributed by atoms with E-state index in [0.29, 0.717) is 59.2 Å². The van der Waals surface area contributed by atoms with Crippen molar-refractivity contribution in [3.05, 3.63) is 0 Å². The molecule has 0 radical (unpaired) electrons. The lowest BCUT2D eigenvalue weighted by molar-refractivity contribution is 0.0132. The van der Waals surface area contributed by atoms with Crippen molar-refractivity contribution in [2.24, 2.45) is 5.73 Å². The summed E-state index contributed by atoms with van der Waals surface area (Å²) in [4.78, 5) is 0. The van der Waals surface area contributed by atoms with Gasteiger partial charge in [0.2, 0.25) is 0 Å². The number of hydrogen-bond donors (Lipinski definition) is 3. The molecule has 0 saturated carbocycles. The van der Waals surface area contributed by atoms with Gasteiger partial charge in [-0.2, -0.15) is 0 Å². The van der Waals surface area contributed by atoms with Crippen molar-refractivity contribution in [1.82, 2.24) is 5.32 Å². The second kappa shape index (κ2) is 19.8. The third-order valence-electron chi connectivity index (χ3n) is 2.97. The topological polar surface area (TPSA) is 95.2 Å². The number of aliphatic hydroxyl groups is 1. The quantitative estimate of drug-likeness (QED) is 0.233. The number of nitrogens with one attached hydrogen (secondary N) is 1. The zero-order valence-corrected chi connectivity index (χ0v) is 14.6. The van der Waals surface area contributed by atoms with Gasteiger partial charge in [0.25, 0.3) is 0 Å². The Morgan fingerprint density at radius 1 is 0.826 bits per heavy atom. The van der Waals surface area contributed by atoms with E-state index >= 15 is 0 Å². The molecule has 0 aromatic rings. The van der Waals surface area contributed by atoms with E-state index in [0.717, 1.165) is 32.4 Å². The van der Waals surface area contributed by atoms with Crippen molar-refractivity contribution in [2.45, 2.75) is 38.8 Å². The van der Waals surface area contributed by atoms with Gasteiger partial charge in [0.05, 0.1) is 33.0 Å². The first-order chi connectivity index (χ1) is 11.3. The lowest BCUT2D eigenvalue weighted by Gasteiger charge is -2.13. The van der Waals surface area contributed by atoms with Gasteiger partial charge in [-0.25, -0.2) is 0 Å². The van der Waals surface area contributed by atoms with Crippen molar-refractivity contribution in [2.75, 3.05) is 65.9 Å². The van der Waals surface area contributed by atoms with E-state index in [1.165, 1.54) is 0 Å². The summed E-state index contributed by atoms with van der Waals surface area (Å²) in [6.07, 6.45) is 2.86. The van der Waals surface area contributed by atoms with E-state index in [9.17, 15) is 5.11 Å². The van der Waals surface area contributed by atoms with Crippen LogP contribution in [0.3, 0.4) is 0 Å². The van der Waals surface area contributed by atoms with E-state index in [2.05, 4.69) is 12.2 Å². The van der Waals surface area contributed by atoms with Crippen molar-refractivity contribution >= 4 is 0 Å². The van der Waals surface area contributed by atoms with Gasteiger partial charge in [-0.1, -0.05) is 6.92 Å². The first-order valence-electron chi connectivity index (χ1n) is 8.73. The minimum atomic E-state index is -0.505. The number of rotatable bonds is 19. The fourth-order valence-electron chi connectivity index (χ4n) is 1.71. The lowest BCUT2D eigenvalue weighted by Crippen LogP contribution is -2.31. The lowest BCUT2D eigenvalue weighted by atomic mass is 10.3. The van der Waals surface area contributed by atoms with Crippen LogP contribution in [0, 0.1) is 0 Å². The van der Waals surface area contributed by atoms with E-state index < -0.39 is 6.23 Å². The van der Waals surface area contributed by atoms with Crippen LogP contribution in [0.5, 0.6) is 0 Å². The summed E-state index contributed by atoms with van der Waals surface area (Å²) in [5.74, 6) is 0. The minimum Gasteiger partial charge on any atom is -0.381 e. The molecule has 7 nitrogen and oxygen atoms in total. The van der Waals surface area contributed by atoms with Gasteiger partial charge >= 0.3 is 0 Å². The molecule has 0 aliphatic rings. The smallest absolute Gasteiger partial charge is 0.107 e. The number of aliphatic hydroxyl groups excluding tert-OH is 1. The van der Waals surface area contributed by atoms with Crippen LogP contribution >= 0.6 is 0 Å². The molecule has 0 aliphatic carbocycles. The van der Waals surface area contributed by atoms with Crippen LogP contribution in [0.2, 0.25) is 0 Å². The average Bonchev–Trinajstić information content (AvgIpc) is 2.56. The number of ether oxygens (including phenoxy) is 4. The van der Waals surface area contributed by atoms with Crippen LogP contribution < -0.4 is 11.1 Å². The average molecular weight is 336 g/mol. The summed E-state index contributed by atoms with van der Waals surface area (Å²) in [6, 6.07) is 0. The summed E-state index contributed by atoms with van der Waals surface area (Å²) in [5, 5.41) is 12.7. The molecule has 0 fully saturated rings. The molecule has 140 valence electrons. The van der Waals surface area contributed by atoms with E-state index in [4.69, 9.17) is 24.7 Å². The molecule has 0 rings (SSSR count). The molecule has 0 bridgehead atoms. The maximum absolute atomic E-state index is 9.65. The Morgan fingerprint density at radius 2 is 1.39 bits per heavy atom. The fourth-order valence-corrected chi connectivity index (χ4v) is 1.71. The van der Waals surface area contributed by atoms with Gasteiger partial charge in [-0.3, -0.25) is 5.32 Å². The van der Waals surface area contributed by atoms with Gasteiger partial charge in [0.15, 0.2) is 0 Å². The van der Waals surface area contributed by atoms with Gasteiger partial charge in [0, 0.05) is 26.2 Å². The molecule has 0 spiro atoms. The molecule has 0 aliphatic heterocycles. The molecule has 0 heterocycles.